The molecule has 0 saturated carbocycles. The normalized spacial score (nSPS) is 19.2. The van der Waals surface area contributed by atoms with Crippen molar-refractivity contribution in [1.29, 1.82) is 0 Å². The lowest BCUT2D eigenvalue weighted by atomic mass is 10.2. The smallest absolute Gasteiger partial charge is 0.0809 e. The van der Waals surface area contributed by atoms with Crippen molar-refractivity contribution in [3.63, 3.8) is 0 Å². The number of rotatable bonds is 6. The monoisotopic (exact) mass is 188 g/mol. The Morgan fingerprint density at radius 3 is 2.15 bits per heavy atom. The highest BCUT2D eigenvalue weighted by Gasteiger charge is 2.19. The highest BCUT2D eigenvalue weighted by atomic mass is 16.6. The summed E-state index contributed by atoms with van der Waals surface area (Å²) in [6.07, 6.45) is 7.86. The van der Waals surface area contributed by atoms with Gasteiger partial charge in [0.05, 0.1) is 12.7 Å². The van der Waals surface area contributed by atoms with Crippen LogP contribution in [0.4, 0.5) is 0 Å². The van der Waals surface area contributed by atoms with Gasteiger partial charge in [-0.05, 0) is 12.8 Å². The summed E-state index contributed by atoms with van der Waals surface area (Å²) in [5.41, 5.74) is 0. The van der Waals surface area contributed by atoms with Crippen LogP contribution in [-0.4, -0.2) is 24.4 Å². The zero-order valence-electron chi connectivity index (χ0n) is 9.09. The molecule has 0 bridgehead atoms. The molecule has 1 atom stereocenters. The number of hydrogen-bond donors (Lipinski definition) is 1. The van der Waals surface area contributed by atoms with E-state index in [4.69, 9.17) is 9.84 Å². The first kappa shape index (κ1) is 12.9. The van der Waals surface area contributed by atoms with Gasteiger partial charge < -0.3 is 9.84 Å². The summed E-state index contributed by atoms with van der Waals surface area (Å²) in [7, 11) is 0. The molecule has 2 nitrogen and oxygen atoms in total. The standard InChI is InChI=1S/C6H14O.C5H10O/c1-2-3-4-5-6-7;1-2-3-5-4-6-5/h7H,2-6H2,1H3;5H,2-4H2,1H3. The highest BCUT2D eigenvalue weighted by molar-refractivity contribution is 4.66. The molecule has 13 heavy (non-hydrogen) atoms. The molecule has 80 valence electrons. The van der Waals surface area contributed by atoms with E-state index in [0.29, 0.717) is 12.7 Å². The Balaban J connectivity index is 0.000000223. The number of epoxide rings is 1. The van der Waals surface area contributed by atoms with Gasteiger partial charge in [-0.15, -0.1) is 0 Å². The van der Waals surface area contributed by atoms with E-state index in [1.165, 1.54) is 32.1 Å². The van der Waals surface area contributed by atoms with E-state index in [1.807, 2.05) is 0 Å². The Kier molecular flexibility index (Phi) is 9.94. The maximum absolute atomic E-state index is 8.29. The van der Waals surface area contributed by atoms with Crippen LogP contribution >= 0.6 is 0 Å². The first-order valence-corrected chi connectivity index (χ1v) is 5.57. The SMILES string of the molecule is CCCC1CO1.CCCCCCO. The fraction of sp³-hybridized carbons (Fsp3) is 1.00. The molecular weight excluding hydrogens is 164 g/mol. The minimum absolute atomic E-state index is 0.361. The van der Waals surface area contributed by atoms with E-state index < -0.39 is 0 Å². The third-order valence-corrected chi connectivity index (χ3v) is 2.02. The van der Waals surface area contributed by atoms with Crippen LogP contribution in [0.15, 0.2) is 0 Å². The summed E-state index contributed by atoms with van der Waals surface area (Å²) in [4.78, 5) is 0. The van der Waals surface area contributed by atoms with Crippen LogP contribution in [0.1, 0.15) is 52.4 Å². The Hall–Kier alpha value is -0.0800. The van der Waals surface area contributed by atoms with Crippen LogP contribution in [-0.2, 0) is 4.74 Å². The van der Waals surface area contributed by atoms with Crippen LogP contribution < -0.4 is 0 Å². The van der Waals surface area contributed by atoms with Crippen LogP contribution in [0.25, 0.3) is 0 Å². The minimum Gasteiger partial charge on any atom is -0.396 e. The van der Waals surface area contributed by atoms with Gasteiger partial charge >= 0.3 is 0 Å². The number of aliphatic hydroxyl groups excluding tert-OH is 1. The summed E-state index contributed by atoms with van der Waals surface area (Å²) in [5.74, 6) is 0. The molecule has 0 radical (unpaired) electrons. The predicted octanol–water partition coefficient (Wildman–Crippen LogP) is 2.74. The average Bonchev–Trinajstić information content (AvgIpc) is 2.91. The fourth-order valence-corrected chi connectivity index (χ4v) is 1.10. The van der Waals surface area contributed by atoms with Gasteiger partial charge in [0.15, 0.2) is 0 Å². The molecule has 1 fully saturated rings. The molecule has 0 aromatic carbocycles. The van der Waals surface area contributed by atoms with Crippen LogP contribution in [0.3, 0.4) is 0 Å². The van der Waals surface area contributed by atoms with E-state index in [2.05, 4.69) is 13.8 Å². The summed E-state index contributed by atoms with van der Waals surface area (Å²) < 4.78 is 4.95. The summed E-state index contributed by atoms with van der Waals surface area (Å²) >= 11 is 0. The number of hydrogen-bond acceptors (Lipinski definition) is 2. The minimum atomic E-state index is 0.361. The van der Waals surface area contributed by atoms with Crippen molar-refractivity contribution in [2.24, 2.45) is 0 Å². The summed E-state index contributed by atoms with van der Waals surface area (Å²) in [6, 6.07) is 0. The molecule has 0 aromatic heterocycles. The maximum atomic E-state index is 8.29. The molecule has 0 amide bonds. The van der Waals surface area contributed by atoms with Gasteiger partial charge in [-0.1, -0.05) is 39.5 Å². The van der Waals surface area contributed by atoms with Crippen molar-refractivity contribution >= 4 is 0 Å². The molecule has 1 aliphatic rings. The third kappa shape index (κ3) is 11.9. The second-order valence-electron chi connectivity index (χ2n) is 3.53. The Labute approximate surface area is 82.3 Å². The van der Waals surface area contributed by atoms with Crippen molar-refractivity contribution in [2.75, 3.05) is 13.2 Å². The van der Waals surface area contributed by atoms with Crippen LogP contribution in [0, 0.1) is 0 Å². The van der Waals surface area contributed by atoms with Crippen LogP contribution in [0.5, 0.6) is 0 Å². The van der Waals surface area contributed by atoms with Crippen molar-refractivity contribution in [3.8, 4) is 0 Å². The molecule has 1 unspecified atom stereocenters. The van der Waals surface area contributed by atoms with E-state index in [9.17, 15) is 0 Å². The van der Waals surface area contributed by atoms with E-state index >= 15 is 0 Å². The quantitative estimate of drug-likeness (QED) is 0.513. The lowest BCUT2D eigenvalue weighted by Gasteiger charge is -1.90. The van der Waals surface area contributed by atoms with Gasteiger partial charge in [-0.3, -0.25) is 0 Å². The Bertz CT molecular complexity index is 86.1. The van der Waals surface area contributed by atoms with Crippen molar-refractivity contribution in [3.05, 3.63) is 0 Å². The molecule has 1 rings (SSSR count). The lowest BCUT2D eigenvalue weighted by Crippen LogP contribution is -1.80. The fourth-order valence-electron chi connectivity index (χ4n) is 1.10. The number of unbranched alkanes of at least 4 members (excludes halogenated alkanes) is 3. The van der Waals surface area contributed by atoms with E-state index in [0.717, 1.165) is 13.0 Å². The van der Waals surface area contributed by atoms with Crippen molar-refractivity contribution in [2.45, 2.75) is 58.5 Å². The maximum Gasteiger partial charge on any atom is 0.0809 e. The van der Waals surface area contributed by atoms with E-state index in [1.54, 1.807) is 0 Å². The van der Waals surface area contributed by atoms with E-state index in [-0.39, 0.29) is 0 Å². The predicted molar refractivity (Wildman–Crippen MR) is 55.9 cm³/mol. The van der Waals surface area contributed by atoms with Crippen molar-refractivity contribution in [1.82, 2.24) is 0 Å². The lowest BCUT2D eigenvalue weighted by molar-refractivity contribution is 0.283. The molecule has 1 N–H and O–H groups in total. The van der Waals surface area contributed by atoms with Gasteiger partial charge in [-0.25, -0.2) is 0 Å². The zero-order chi connectivity index (χ0) is 9.94. The second-order valence-corrected chi connectivity index (χ2v) is 3.53. The molecule has 1 heterocycles. The highest BCUT2D eigenvalue weighted by Crippen LogP contribution is 2.14. The largest absolute Gasteiger partial charge is 0.396 e. The van der Waals surface area contributed by atoms with Gasteiger partial charge in [-0.2, -0.15) is 0 Å². The second kappa shape index (κ2) is 10.0. The molecule has 0 aliphatic carbocycles. The summed E-state index contributed by atoms with van der Waals surface area (Å²) in [5, 5.41) is 8.29. The van der Waals surface area contributed by atoms with Gasteiger partial charge in [0.2, 0.25) is 0 Å². The molecule has 1 saturated heterocycles. The number of aliphatic hydroxyl groups is 1. The molecule has 0 aromatic rings. The topological polar surface area (TPSA) is 32.8 Å². The molecule has 0 spiro atoms. The van der Waals surface area contributed by atoms with Gasteiger partial charge in [0, 0.05) is 6.61 Å². The van der Waals surface area contributed by atoms with Crippen molar-refractivity contribution < 1.29 is 9.84 Å². The van der Waals surface area contributed by atoms with Crippen LogP contribution in [0.2, 0.25) is 0 Å². The molecule has 1 aliphatic heterocycles. The first-order chi connectivity index (χ1) is 6.35. The van der Waals surface area contributed by atoms with Gasteiger partial charge in [0.1, 0.15) is 0 Å². The molecule has 2 heteroatoms. The Morgan fingerprint density at radius 1 is 1.15 bits per heavy atom. The third-order valence-electron chi connectivity index (χ3n) is 2.02. The molecular formula is C11H24O2. The Morgan fingerprint density at radius 2 is 1.85 bits per heavy atom. The number of ether oxygens (including phenoxy) is 1. The summed E-state index contributed by atoms with van der Waals surface area (Å²) in [6.45, 7) is 5.73. The average molecular weight is 188 g/mol. The van der Waals surface area contributed by atoms with Gasteiger partial charge in [0.25, 0.3) is 0 Å². The zero-order valence-corrected chi connectivity index (χ0v) is 9.09. The first-order valence-electron chi connectivity index (χ1n) is 5.57.